The first-order valence-corrected chi connectivity index (χ1v) is 11.6. The molecule has 1 aromatic carbocycles. The molecule has 4 rings (SSSR count). The molecule has 1 aliphatic heterocycles. The van der Waals surface area contributed by atoms with E-state index < -0.39 is 11.7 Å². The summed E-state index contributed by atoms with van der Waals surface area (Å²) in [4.78, 5) is 22.8. The van der Waals surface area contributed by atoms with Crippen molar-refractivity contribution in [3.8, 4) is 0 Å². The van der Waals surface area contributed by atoms with Crippen LogP contribution in [0, 0.1) is 0 Å². The molecule has 1 amide bonds. The van der Waals surface area contributed by atoms with Crippen molar-refractivity contribution in [1.82, 2.24) is 25.5 Å². The topological polar surface area (TPSA) is 82.2 Å². The number of hydrogen-bond donors (Lipinski definition) is 3. The molecule has 0 spiro atoms. The highest BCUT2D eigenvalue weighted by molar-refractivity contribution is 5.91. The number of anilines is 1. The monoisotopic (exact) mass is 466 g/mol. The zero-order chi connectivity index (χ0) is 24.0. The number of fused-ring (bicyclic) bond motifs is 1. The van der Waals surface area contributed by atoms with Crippen LogP contribution in [0.3, 0.4) is 0 Å². The number of nitrogens with one attached hydrogen (secondary N) is 3. The van der Waals surface area contributed by atoms with Gasteiger partial charge >= 0.3 is 6.18 Å². The number of hydrogen-bond acceptors (Lipinski definition) is 6. The third-order valence-electron chi connectivity index (χ3n) is 6.28. The molecule has 2 heterocycles. The molecule has 3 N–H and O–H groups in total. The van der Waals surface area contributed by atoms with Crippen LogP contribution in [0.5, 0.6) is 0 Å². The van der Waals surface area contributed by atoms with Crippen molar-refractivity contribution < 1.29 is 18.0 Å². The second-order valence-electron chi connectivity index (χ2n) is 8.32. The molecule has 1 aromatic heterocycles. The Balaban J connectivity index is 0.00000149. The van der Waals surface area contributed by atoms with Crippen molar-refractivity contribution in [3.05, 3.63) is 30.1 Å². The molecule has 10 heteroatoms. The van der Waals surface area contributed by atoms with Gasteiger partial charge in [-0.25, -0.2) is 9.97 Å². The van der Waals surface area contributed by atoms with E-state index in [1.54, 1.807) is 0 Å². The number of alkyl halides is 3. The van der Waals surface area contributed by atoms with E-state index in [1.807, 2.05) is 20.9 Å². The molecular weight excluding hydrogens is 433 g/mol. The van der Waals surface area contributed by atoms with Crippen molar-refractivity contribution in [2.75, 3.05) is 32.0 Å². The molecule has 182 valence electrons. The van der Waals surface area contributed by atoms with Crippen molar-refractivity contribution in [3.63, 3.8) is 0 Å². The van der Waals surface area contributed by atoms with Gasteiger partial charge in [0.2, 0.25) is 5.91 Å². The van der Waals surface area contributed by atoms with E-state index in [0.29, 0.717) is 17.6 Å². The van der Waals surface area contributed by atoms with Gasteiger partial charge in [-0.3, -0.25) is 9.69 Å². The summed E-state index contributed by atoms with van der Waals surface area (Å²) < 4.78 is 39.1. The lowest BCUT2D eigenvalue weighted by Crippen LogP contribution is -2.63. The third kappa shape index (κ3) is 6.32. The fourth-order valence-electron chi connectivity index (χ4n) is 4.45. The average molecular weight is 467 g/mol. The minimum Gasteiger partial charge on any atom is -0.360 e. The van der Waals surface area contributed by atoms with Crippen LogP contribution in [0.2, 0.25) is 0 Å². The second kappa shape index (κ2) is 11.1. The van der Waals surface area contributed by atoms with Gasteiger partial charge in [0.25, 0.3) is 0 Å². The zero-order valence-corrected chi connectivity index (χ0v) is 19.4. The van der Waals surface area contributed by atoms with E-state index >= 15 is 0 Å². The number of halogens is 3. The first-order chi connectivity index (χ1) is 15.8. The predicted octanol–water partition coefficient (Wildman–Crippen LogP) is 3.42. The second-order valence-corrected chi connectivity index (χ2v) is 8.32. The number of likely N-dealkylation sites (tertiary alicyclic amines) is 1. The standard InChI is InChI=1S/C21H27F3N6O.C2H6/c1-25-14-3-5-16(6-4-14)30-10-15(11-30)29-19(31)9-26-20-17-8-13(21(22,23)24)2-7-18(17)27-12-28-20;1-2/h2,7-8,12,14-16,25H,3-6,9-11H2,1H3,(H,29,31)(H,26,27,28);1-2H3. The summed E-state index contributed by atoms with van der Waals surface area (Å²) in [5.74, 6) is 0.00468. The number of benzene rings is 1. The summed E-state index contributed by atoms with van der Waals surface area (Å²) in [5.41, 5.74) is -0.394. The maximum absolute atomic E-state index is 13.0. The fraction of sp³-hybridized carbons (Fsp3) is 0.609. The number of amides is 1. The van der Waals surface area contributed by atoms with Crippen molar-refractivity contribution in [2.24, 2.45) is 0 Å². The predicted molar refractivity (Wildman–Crippen MR) is 123 cm³/mol. The lowest BCUT2D eigenvalue weighted by Gasteiger charge is -2.46. The van der Waals surface area contributed by atoms with Gasteiger partial charge in [-0.2, -0.15) is 13.2 Å². The Morgan fingerprint density at radius 2 is 1.79 bits per heavy atom. The van der Waals surface area contributed by atoms with Gasteiger partial charge in [-0.15, -0.1) is 0 Å². The van der Waals surface area contributed by atoms with Gasteiger partial charge in [0.05, 0.1) is 23.7 Å². The molecule has 7 nitrogen and oxygen atoms in total. The Kier molecular flexibility index (Phi) is 8.47. The number of carbonyl (C=O) groups is 1. The molecule has 2 fully saturated rings. The summed E-state index contributed by atoms with van der Waals surface area (Å²) >= 11 is 0. The lowest BCUT2D eigenvalue weighted by atomic mass is 9.88. The van der Waals surface area contributed by atoms with Crippen LogP contribution >= 0.6 is 0 Å². The highest BCUT2D eigenvalue weighted by atomic mass is 19.4. The number of nitrogens with zero attached hydrogens (tertiary/aromatic N) is 3. The molecule has 1 aliphatic carbocycles. The van der Waals surface area contributed by atoms with Crippen LogP contribution in [0.25, 0.3) is 10.9 Å². The van der Waals surface area contributed by atoms with Gasteiger partial charge in [0.1, 0.15) is 12.1 Å². The largest absolute Gasteiger partial charge is 0.416 e. The molecule has 1 saturated carbocycles. The van der Waals surface area contributed by atoms with E-state index in [0.717, 1.165) is 25.2 Å². The minimum absolute atomic E-state index is 0.0634. The van der Waals surface area contributed by atoms with Crippen LogP contribution in [0.4, 0.5) is 19.0 Å². The van der Waals surface area contributed by atoms with Gasteiger partial charge < -0.3 is 16.0 Å². The van der Waals surface area contributed by atoms with Gasteiger partial charge in [0, 0.05) is 30.6 Å². The maximum Gasteiger partial charge on any atom is 0.416 e. The molecule has 2 aliphatic rings. The molecule has 0 unspecified atom stereocenters. The highest BCUT2D eigenvalue weighted by Crippen LogP contribution is 2.32. The van der Waals surface area contributed by atoms with Gasteiger partial charge in [-0.05, 0) is 50.9 Å². The number of aromatic nitrogens is 2. The SMILES string of the molecule is CC.CNC1CCC(N2CC(NC(=O)CNc3ncnc4ccc(C(F)(F)F)cc34)C2)CC1. The van der Waals surface area contributed by atoms with Crippen LogP contribution < -0.4 is 16.0 Å². The van der Waals surface area contributed by atoms with Crippen LogP contribution in [-0.2, 0) is 11.0 Å². The summed E-state index contributed by atoms with van der Waals surface area (Å²) in [6.07, 6.45) is 1.52. The summed E-state index contributed by atoms with van der Waals surface area (Å²) in [5, 5.41) is 9.40. The number of carbonyl (C=O) groups excluding carboxylic acids is 1. The molecule has 0 bridgehead atoms. The van der Waals surface area contributed by atoms with E-state index in [2.05, 4.69) is 30.8 Å². The Bertz CT molecular complexity index is 924. The highest BCUT2D eigenvalue weighted by Gasteiger charge is 2.35. The third-order valence-corrected chi connectivity index (χ3v) is 6.28. The lowest BCUT2D eigenvalue weighted by molar-refractivity contribution is -0.137. The van der Waals surface area contributed by atoms with Crippen molar-refractivity contribution in [1.29, 1.82) is 0 Å². The Hall–Kier alpha value is -2.46. The van der Waals surface area contributed by atoms with E-state index in [1.165, 1.54) is 38.1 Å². The number of rotatable bonds is 6. The molecule has 0 radical (unpaired) electrons. The molecule has 2 aromatic rings. The molecule has 33 heavy (non-hydrogen) atoms. The van der Waals surface area contributed by atoms with Gasteiger partial charge in [0.15, 0.2) is 0 Å². The van der Waals surface area contributed by atoms with E-state index in [-0.39, 0.29) is 29.7 Å². The zero-order valence-electron chi connectivity index (χ0n) is 19.4. The Morgan fingerprint density at radius 1 is 1.09 bits per heavy atom. The Labute approximate surface area is 192 Å². The molecule has 0 atom stereocenters. The smallest absolute Gasteiger partial charge is 0.360 e. The van der Waals surface area contributed by atoms with Crippen LogP contribution in [-0.4, -0.2) is 65.6 Å². The molecular formula is C23H33F3N6O. The first kappa shape index (κ1) is 25.2. The van der Waals surface area contributed by atoms with E-state index in [9.17, 15) is 18.0 Å². The van der Waals surface area contributed by atoms with E-state index in [4.69, 9.17) is 0 Å². The summed E-state index contributed by atoms with van der Waals surface area (Å²) in [7, 11) is 2.01. The first-order valence-electron chi connectivity index (χ1n) is 11.6. The Morgan fingerprint density at radius 3 is 2.42 bits per heavy atom. The quantitative estimate of drug-likeness (QED) is 0.605. The molecule has 1 saturated heterocycles. The normalized spacial score (nSPS) is 21.6. The summed E-state index contributed by atoms with van der Waals surface area (Å²) in [6.45, 7) is 5.62. The summed E-state index contributed by atoms with van der Waals surface area (Å²) in [6, 6.07) is 4.60. The van der Waals surface area contributed by atoms with Gasteiger partial charge in [-0.1, -0.05) is 13.8 Å². The fourth-order valence-corrected chi connectivity index (χ4v) is 4.45. The van der Waals surface area contributed by atoms with Crippen molar-refractivity contribution in [2.45, 2.75) is 63.8 Å². The van der Waals surface area contributed by atoms with Crippen LogP contribution in [0.15, 0.2) is 24.5 Å². The maximum atomic E-state index is 13.0. The average Bonchev–Trinajstić information content (AvgIpc) is 2.80. The minimum atomic E-state index is -4.46. The van der Waals surface area contributed by atoms with Crippen molar-refractivity contribution >= 4 is 22.6 Å². The van der Waals surface area contributed by atoms with Crippen LogP contribution in [0.1, 0.15) is 45.1 Å².